The third-order valence-corrected chi connectivity index (χ3v) is 4.20. The summed E-state index contributed by atoms with van der Waals surface area (Å²) in [5.41, 5.74) is 6.42. The minimum absolute atomic E-state index is 0.0388. The van der Waals surface area contributed by atoms with Gasteiger partial charge in [-0.3, -0.25) is 9.59 Å². The lowest BCUT2D eigenvalue weighted by molar-refractivity contribution is -0.274. The number of carbonyl (C=O) groups is 2. The number of primary amides is 1. The Bertz CT molecular complexity index is 951. The first-order valence-corrected chi connectivity index (χ1v) is 9.16. The van der Waals surface area contributed by atoms with Gasteiger partial charge in [0.2, 0.25) is 5.91 Å². The number of nitrogens with zero attached hydrogens (tertiary/aromatic N) is 1. The van der Waals surface area contributed by atoms with E-state index in [-0.39, 0.29) is 47.5 Å². The normalized spacial score (nSPS) is 11.1. The van der Waals surface area contributed by atoms with Crippen LogP contribution in [0.4, 0.5) is 19.0 Å². The molecule has 0 saturated heterocycles. The first-order chi connectivity index (χ1) is 14.0. The van der Waals surface area contributed by atoms with Gasteiger partial charge in [-0.15, -0.1) is 13.2 Å². The van der Waals surface area contributed by atoms with Crippen LogP contribution >= 0.6 is 11.6 Å². The van der Waals surface area contributed by atoms with Crippen molar-refractivity contribution < 1.29 is 32.2 Å². The van der Waals surface area contributed by atoms with E-state index in [9.17, 15) is 22.8 Å². The second-order valence-electron chi connectivity index (χ2n) is 6.13. The fourth-order valence-electron chi connectivity index (χ4n) is 2.48. The van der Waals surface area contributed by atoms with Gasteiger partial charge in [0.15, 0.2) is 0 Å². The molecule has 1 aromatic carbocycles. The zero-order valence-electron chi connectivity index (χ0n) is 16.1. The fourth-order valence-corrected chi connectivity index (χ4v) is 2.71. The number of nitrogens with one attached hydrogen (secondary N) is 1. The van der Waals surface area contributed by atoms with Gasteiger partial charge in [0.05, 0.1) is 22.9 Å². The molecular weight excluding hydrogens is 427 g/mol. The standard InChI is InChI=1S/C19H19ClF3N3O4/c1-3-16(27)26-18-11(8-13(17(24)28)10(2)25-18)6-7-29-15-5-4-12(9-14(15)20)30-19(21,22)23/h4-5,8-9H,3,6-7H2,1-2H3,(H2,24,28)(H,25,26,27). The molecular formula is C19H19ClF3N3O4. The quantitative estimate of drug-likeness (QED) is 0.639. The molecule has 1 heterocycles. The summed E-state index contributed by atoms with van der Waals surface area (Å²) in [4.78, 5) is 27.6. The van der Waals surface area contributed by atoms with E-state index < -0.39 is 18.0 Å². The molecule has 2 amide bonds. The summed E-state index contributed by atoms with van der Waals surface area (Å²) in [5, 5.41) is 2.58. The summed E-state index contributed by atoms with van der Waals surface area (Å²) in [6.07, 6.45) is -4.39. The molecule has 162 valence electrons. The van der Waals surface area contributed by atoms with Crippen LogP contribution in [-0.4, -0.2) is 29.8 Å². The summed E-state index contributed by atoms with van der Waals surface area (Å²) < 4.78 is 46.1. The summed E-state index contributed by atoms with van der Waals surface area (Å²) in [7, 11) is 0. The largest absolute Gasteiger partial charge is 0.573 e. The van der Waals surface area contributed by atoms with Crippen LogP contribution in [0.25, 0.3) is 0 Å². The van der Waals surface area contributed by atoms with Crippen LogP contribution in [0.2, 0.25) is 5.02 Å². The molecule has 0 aliphatic carbocycles. The number of ether oxygens (including phenoxy) is 2. The Morgan fingerprint density at radius 3 is 2.53 bits per heavy atom. The van der Waals surface area contributed by atoms with Crippen molar-refractivity contribution in [2.24, 2.45) is 5.73 Å². The van der Waals surface area contributed by atoms with E-state index in [0.29, 0.717) is 11.3 Å². The second-order valence-corrected chi connectivity index (χ2v) is 6.54. The Hall–Kier alpha value is -3.01. The van der Waals surface area contributed by atoms with E-state index in [1.54, 1.807) is 13.8 Å². The Kier molecular flexibility index (Phi) is 7.49. The van der Waals surface area contributed by atoms with Gasteiger partial charge < -0.3 is 20.5 Å². The van der Waals surface area contributed by atoms with Gasteiger partial charge in [0.25, 0.3) is 5.91 Å². The number of aromatic nitrogens is 1. The number of anilines is 1. The van der Waals surface area contributed by atoms with Gasteiger partial charge in [-0.2, -0.15) is 0 Å². The number of halogens is 4. The molecule has 0 saturated carbocycles. The molecule has 0 bridgehead atoms. The molecule has 2 aromatic rings. The lowest BCUT2D eigenvalue weighted by atomic mass is 10.1. The number of nitrogens with two attached hydrogens (primary N) is 1. The molecule has 0 spiro atoms. The van der Waals surface area contributed by atoms with Gasteiger partial charge in [-0.1, -0.05) is 18.5 Å². The zero-order valence-corrected chi connectivity index (χ0v) is 16.9. The summed E-state index contributed by atoms with van der Waals surface area (Å²) in [6.45, 7) is 3.31. The predicted octanol–water partition coefficient (Wildman–Crippen LogP) is 4.01. The van der Waals surface area contributed by atoms with Crippen LogP contribution in [-0.2, 0) is 11.2 Å². The van der Waals surface area contributed by atoms with Crippen molar-refractivity contribution in [3.8, 4) is 11.5 Å². The lowest BCUT2D eigenvalue weighted by Crippen LogP contribution is -2.19. The SMILES string of the molecule is CCC(=O)Nc1nc(C)c(C(N)=O)cc1CCOc1ccc(OC(F)(F)F)cc1Cl. The number of hydrogen-bond acceptors (Lipinski definition) is 5. The first-order valence-electron chi connectivity index (χ1n) is 8.78. The number of hydrogen-bond donors (Lipinski definition) is 2. The van der Waals surface area contributed by atoms with Crippen molar-refractivity contribution in [2.75, 3.05) is 11.9 Å². The van der Waals surface area contributed by atoms with Crippen LogP contribution in [0.15, 0.2) is 24.3 Å². The monoisotopic (exact) mass is 445 g/mol. The molecule has 11 heteroatoms. The van der Waals surface area contributed by atoms with Crippen LogP contribution in [0, 0.1) is 6.92 Å². The Morgan fingerprint density at radius 2 is 1.97 bits per heavy atom. The first kappa shape index (κ1) is 23.3. The highest BCUT2D eigenvalue weighted by Crippen LogP contribution is 2.32. The van der Waals surface area contributed by atoms with E-state index in [1.165, 1.54) is 12.1 Å². The number of carbonyl (C=O) groups excluding carboxylic acids is 2. The van der Waals surface area contributed by atoms with Crippen LogP contribution < -0.4 is 20.5 Å². The molecule has 0 aliphatic heterocycles. The Balaban J connectivity index is 2.15. The Labute approximate surface area is 175 Å². The number of aryl methyl sites for hydroxylation is 1. The van der Waals surface area contributed by atoms with Gasteiger partial charge in [-0.25, -0.2) is 4.98 Å². The van der Waals surface area contributed by atoms with E-state index in [4.69, 9.17) is 22.1 Å². The van der Waals surface area contributed by atoms with Crippen molar-refractivity contribution in [2.45, 2.75) is 33.1 Å². The highest BCUT2D eigenvalue weighted by molar-refractivity contribution is 6.32. The molecule has 0 radical (unpaired) electrons. The third-order valence-electron chi connectivity index (χ3n) is 3.90. The zero-order chi connectivity index (χ0) is 22.5. The molecule has 3 N–H and O–H groups in total. The maximum atomic E-state index is 12.3. The molecule has 2 rings (SSSR count). The van der Waals surface area contributed by atoms with Crippen molar-refractivity contribution >= 4 is 29.2 Å². The van der Waals surface area contributed by atoms with E-state index in [0.717, 1.165) is 12.1 Å². The molecule has 0 aliphatic rings. The molecule has 0 unspecified atom stereocenters. The molecule has 1 aromatic heterocycles. The Morgan fingerprint density at radius 1 is 1.27 bits per heavy atom. The van der Waals surface area contributed by atoms with Crippen LogP contribution in [0.5, 0.6) is 11.5 Å². The van der Waals surface area contributed by atoms with Crippen LogP contribution in [0.1, 0.15) is 35.0 Å². The van der Waals surface area contributed by atoms with Gasteiger partial charge in [0.1, 0.15) is 17.3 Å². The topological polar surface area (TPSA) is 104 Å². The summed E-state index contributed by atoms with van der Waals surface area (Å²) in [6, 6.07) is 4.81. The minimum Gasteiger partial charge on any atom is -0.492 e. The van der Waals surface area contributed by atoms with E-state index in [1.807, 2.05) is 0 Å². The minimum atomic E-state index is -4.83. The molecule has 7 nitrogen and oxygen atoms in total. The van der Waals surface area contributed by atoms with E-state index in [2.05, 4.69) is 15.0 Å². The third kappa shape index (κ3) is 6.51. The van der Waals surface area contributed by atoms with Crippen LogP contribution in [0.3, 0.4) is 0 Å². The summed E-state index contributed by atoms with van der Waals surface area (Å²) in [5.74, 6) is -0.996. The van der Waals surface area contributed by atoms with Crippen molar-refractivity contribution in [1.82, 2.24) is 4.98 Å². The molecule has 0 atom stereocenters. The number of alkyl halides is 3. The van der Waals surface area contributed by atoms with Gasteiger partial charge in [0, 0.05) is 18.9 Å². The average molecular weight is 446 g/mol. The average Bonchev–Trinajstić information content (AvgIpc) is 2.63. The second kappa shape index (κ2) is 9.66. The van der Waals surface area contributed by atoms with Gasteiger partial charge in [-0.05, 0) is 30.7 Å². The van der Waals surface area contributed by atoms with Crippen molar-refractivity contribution in [3.63, 3.8) is 0 Å². The smallest absolute Gasteiger partial charge is 0.492 e. The number of amides is 2. The fraction of sp³-hybridized carbons (Fsp3) is 0.316. The van der Waals surface area contributed by atoms with Gasteiger partial charge >= 0.3 is 6.36 Å². The number of rotatable bonds is 8. The number of pyridine rings is 1. The summed E-state index contributed by atoms with van der Waals surface area (Å²) >= 11 is 5.94. The molecule has 30 heavy (non-hydrogen) atoms. The maximum absolute atomic E-state index is 12.3. The molecule has 0 fully saturated rings. The highest BCUT2D eigenvalue weighted by Gasteiger charge is 2.31. The highest BCUT2D eigenvalue weighted by atomic mass is 35.5. The van der Waals surface area contributed by atoms with Crippen molar-refractivity contribution in [3.05, 3.63) is 46.1 Å². The lowest BCUT2D eigenvalue weighted by Gasteiger charge is -2.14. The van der Waals surface area contributed by atoms with E-state index >= 15 is 0 Å². The maximum Gasteiger partial charge on any atom is 0.573 e. The number of benzene rings is 1. The predicted molar refractivity (Wildman–Crippen MR) is 104 cm³/mol. The van der Waals surface area contributed by atoms with Crippen molar-refractivity contribution in [1.29, 1.82) is 0 Å².